The number of aromatic carboxylic acids is 1. The number of ether oxygens (including phenoxy) is 1. The third kappa shape index (κ3) is 4.18. The highest BCUT2D eigenvalue weighted by Crippen LogP contribution is 2.24. The predicted octanol–water partition coefficient (Wildman–Crippen LogP) is 2.20. The highest BCUT2D eigenvalue weighted by molar-refractivity contribution is 7.89. The average Bonchev–Trinajstić information content (AvgIpc) is 2.44. The van der Waals surface area contributed by atoms with Crippen molar-refractivity contribution in [1.29, 1.82) is 0 Å². The van der Waals surface area contributed by atoms with E-state index < -0.39 is 16.0 Å². The van der Waals surface area contributed by atoms with Crippen molar-refractivity contribution in [3.8, 4) is 5.75 Å². The van der Waals surface area contributed by atoms with Gasteiger partial charge in [-0.05, 0) is 31.0 Å². The van der Waals surface area contributed by atoms with E-state index >= 15 is 0 Å². The van der Waals surface area contributed by atoms with Gasteiger partial charge < -0.3 is 9.84 Å². The fourth-order valence-electron chi connectivity index (χ4n) is 1.79. The summed E-state index contributed by atoms with van der Waals surface area (Å²) in [4.78, 5) is 11.2. The van der Waals surface area contributed by atoms with E-state index in [1.165, 1.54) is 23.5 Å². The van der Waals surface area contributed by atoms with Crippen molar-refractivity contribution in [3.63, 3.8) is 0 Å². The minimum atomic E-state index is -3.68. The molecule has 0 atom stereocenters. The van der Waals surface area contributed by atoms with Crippen LogP contribution in [0.1, 0.15) is 37.0 Å². The van der Waals surface area contributed by atoms with Crippen LogP contribution in [-0.4, -0.2) is 44.0 Å². The number of rotatable bonds is 8. The molecule has 1 rings (SSSR count). The number of carboxylic acid groups (broad SMARTS) is 1. The Morgan fingerprint density at radius 2 is 1.95 bits per heavy atom. The largest absolute Gasteiger partial charge is 0.493 e. The SMILES string of the molecule is CCCOc1ccc(S(=O)(=O)N(C)CCC)cc1C(=O)O. The molecule has 0 bridgehead atoms. The minimum absolute atomic E-state index is 0.0419. The molecule has 0 unspecified atom stereocenters. The molecule has 0 fully saturated rings. The second-order valence-corrected chi connectivity index (χ2v) is 6.68. The Bertz CT molecular complexity index is 597. The lowest BCUT2D eigenvalue weighted by Crippen LogP contribution is -2.27. The molecule has 1 N–H and O–H groups in total. The summed E-state index contributed by atoms with van der Waals surface area (Å²) in [6, 6.07) is 3.92. The Morgan fingerprint density at radius 3 is 2.48 bits per heavy atom. The standard InChI is InChI=1S/C14H21NO5S/c1-4-8-15(3)21(18,19)11-6-7-13(20-9-5-2)12(10-11)14(16)17/h6-7,10H,4-5,8-9H2,1-3H3,(H,16,17). The summed E-state index contributed by atoms with van der Waals surface area (Å²) in [5, 5.41) is 9.21. The van der Waals surface area contributed by atoms with Gasteiger partial charge in [0, 0.05) is 13.6 Å². The first-order valence-corrected chi connectivity index (χ1v) is 8.25. The third-order valence-electron chi connectivity index (χ3n) is 2.89. The van der Waals surface area contributed by atoms with Crippen molar-refractivity contribution in [2.75, 3.05) is 20.2 Å². The van der Waals surface area contributed by atoms with Gasteiger partial charge in [-0.15, -0.1) is 0 Å². The molecule has 118 valence electrons. The maximum absolute atomic E-state index is 12.3. The van der Waals surface area contributed by atoms with E-state index in [-0.39, 0.29) is 16.2 Å². The van der Waals surface area contributed by atoms with E-state index in [1.54, 1.807) is 0 Å². The Balaban J connectivity index is 3.22. The number of carboxylic acids is 1. The first kappa shape index (κ1) is 17.5. The van der Waals surface area contributed by atoms with Crippen LogP contribution in [0.2, 0.25) is 0 Å². The van der Waals surface area contributed by atoms with Crippen LogP contribution in [0.25, 0.3) is 0 Å². The monoisotopic (exact) mass is 315 g/mol. The van der Waals surface area contributed by atoms with Gasteiger partial charge in [0.1, 0.15) is 11.3 Å². The molecule has 0 aliphatic heterocycles. The zero-order valence-corrected chi connectivity index (χ0v) is 13.3. The topological polar surface area (TPSA) is 83.9 Å². The molecule has 0 spiro atoms. The van der Waals surface area contributed by atoms with Gasteiger partial charge in [-0.3, -0.25) is 0 Å². The molecule has 0 saturated carbocycles. The molecule has 1 aromatic carbocycles. The molecule has 0 aromatic heterocycles. The van der Waals surface area contributed by atoms with Gasteiger partial charge in [-0.2, -0.15) is 0 Å². The zero-order chi connectivity index (χ0) is 16.0. The number of nitrogens with zero attached hydrogens (tertiary/aromatic N) is 1. The van der Waals surface area contributed by atoms with Crippen molar-refractivity contribution in [3.05, 3.63) is 23.8 Å². The Morgan fingerprint density at radius 1 is 1.29 bits per heavy atom. The number of hydrogen-bond donors (Lipinski definition) is 1. The molecule has 0 amide bonds. The van der Waals surface area contributed by atoms with Crippen molar-refractivity contribution < 1.29 is 23.1 Å². The number of hydrogen-bond acceptors (Lipinski definition) is 4. The Kier molecular flexibility index (Phi) is 6.17. The maximum Gasteiger partial charge on any atom is 0.339 e. The summed E-state index contributed by atoms with van der Waals surface area (Å²) in [6.07, 6.45) is 1.41. The van der Waals surface area contributed by atoms with E-state index in [9.17, 15) is 18.3 Å². The quantitative estimate of drug-likeness (QED) is 0.795. The molecular formula is C14H21NO5S. The third-order valence-corrected chi connectivity index (χ3v) is 4.74. The minimum Gasteiger partial charge on any atom is -0.493 e. The summed E-state index contributed by atoms with van der Waals surface area (Å²) in [7, 11) is -2.21. The molecular weight excluding hydrogens is 294 g/mol. The summed E-state index contributed by atoms with van der Waals surface area (Å²) in [6.45, 7) is 4.52. The molecule has 7 heteroatoms. The van der Waals surface area contributed by atoms with Crippen LogP contribution in [-0.2, 0) is 10.0 Å². The van der Waals surface area contributed by atoms with E-state index in [0.717, 1.165) is 12.5 Å². The fraction of sp³-hybridized carbons (Fsp3) is 0.500. The number of sulfonamides is 1. The van der Waals surface area contributed by atoms with Crippen LogP contribution in [0, 0.1) is 0 Å². The highest BCUT2D eigenvalue weighted by atomic mass is 32.2. The normalized spacial score (nSPS) is 11.6. The lowest BCUT2D eigenvalue weighted by Gasteiger charge is -2.17. The van der Waals surface area contributed by atoms with Gasteiger partial charge in [0.25, 0.3) is 0 Å². The summed E-state index contributed by atoms with van der Waals surface area (Å²) < 4.78 is 31.2. The lowest BCUT2D eigenvalue weighted by molar-refractivity contribution is 0.0692. The molecule has 0 radical (unpaired) electrons. The zero-order valence-electron chi connectivity index (χ0n) is 12.5. The molecule has 1 aromatic rings. The van der Waals surface area contributed by atoms with Gasteiger partial charge in [-0.25, -0.2) is 17.5 Å². The fourth-order valence-corrected chi connectivity index (χ4v) is 3.08. The van der Waals surface area contributed by atoms with Gasteiger partial charge in [0.15, 0.2) is 0 Å². The van der Waals surface area contributed by atoms with Gasteiger partial charge >= 0.3 is 5.97 Å². The van der Waals surface area contributed by atoms with Crippen LogP contribution in [0.3, 0.4) is 0 Å². The van der Waals surface area contributed by atoms with E-state index in [0.29, 0.717) is 19.6 Å². The van der Waals surface area contributed by atoms with Crippen molar-refractivity contribution in [2.45, 2.75) is 31.6 Å². The second-order valence-electron chi connectivity index (χ2n) is 4.64. The Labute approximate surface area is 125 Å². The highest BCUT2D eigenvalue weighted by Gasteiger charge is 2.23. The average molecular weight is 315 g/mol. The summed E-state index contributed by atoms with van der Waals surface area (Å²) in [5.41, 5.74) is -0.144. The molecule has 6 nitrogen and oxygen atoms in total. The maximum atomic E-state index is 12.3. The van der Waals surface area contributed by atoms with Gasteiger partial charge in [0.2, 0.25) is 10.0 Å². The molecule has 0 saturated heterocycles. The number of carbonyl (C=O) groups is 1. The number of benzene rings is 1. The van der Waals surface area contributed by atoms with Crippen LogP contribution >= 0.6 is 0 Å². The van der Waals surface area contributed by atoms with Crippen LogP contribution in [0.5, 0.6) is 5.75 Å². The van der Waals surface area contributed by atoms with Gasteiger partial charge in [-0.1, -0.05) is 13.8 Å². The van der Waals surface area contributed by atoms with E-state index in [2.05, 4.69) is 0 Å². The van der Waals surface area contributed by atoms with Crippen LogP contribution in [0.15, 0.2) is 23.1 Å². The van der Waals surface area contributed by atoms with Crippen molar-refractivity contribution >= 4 is 16.0 Å². The van der Waals surface area contributed by atoms with Crippen molar-refractivity contribution in [2.24, 2.45) is 0 Å². The van der Waals surface area contributed by atoms with Gasteiger partial charge in [0.05, 0.1) is 11.5 Å². The first-order valence-electron chi connectivity index (χ1n) is 6.81. The lowest BCUT2D eigenvalue weighted by atomic mass is 10.2. The molecule has 0 aliphatic carbocycles. The van der Waals surface area contributed by atoms with Crippen molar-refractivity contribution in [1.82, 2.24) is 4.31 Å². The van der Waals surface area contributed by atoms with Crippen LogP contribution < -0.4 is 4.74 Å². The molecule has 0 heterocycles. The summed E-state index contributed by atoms with van der Waals surface area (Å²) in [5.74, 6) is -1.03. The predicted molar refractivity (Wildman–Crippen MR) is 79.3 cm³/mol. The van der Waals surface area contributed by atoms with Crippen LogP contribution in [0.4, 0.5) is 0 Å². The second kappa shape index (κ2) is 7.42. The Hall–Kier alpha value is -1.60. The van der Waals surface area contributed by atoms with E-state index in [4.69, 9.17) is 4.74 Å². The summed E-state index contributed by atoms with van der Waals surface area (Å²) >= 11 is 0. The molecule has 21 heavy (non-hydrogen) atoms. The molecule has 0 aliphatic rings. The smallest absolute Gasteiger partial charge is 0.339 e. The first-order chi connectivity index (χ1) is 9.84. The van der Waals surface area contributed by atoms with E-state index in [1.807, 2.05) is 13.8 Å².